The second-order valence-corrected chi connectivity index (χ2v) is 2.34. The van der Waals surface area contributed by atoms with Crippen LogP contribution in [0.4, 0.5) is 5.69 Å². The van der Waals surface area contributed by atoms with Gasteiger partial charge in [-0.15, -0.1) is 6.58 Å². The normalized spacial score (nSPS) is 9.54. The average molecular weight is 179 g/mol. The molecule has 0 saturated carbocycles. The van der Waals surface area contributed by atoms with Crippen molar-refractivity contribution in [1.82, 2.24) is 4.98 Å². The summed E-state index contributed by atoms with van der Waals surface area (Å²) >= 11 is 0. The number of hydrogen-bond acceptors (Lipinski definition) is 3. The Morgan fingerprint density at radius 3 is 3.00 bits per heavy atom. The van der Waals surface area contributed by atoms with Crippen molar-refractivity contribution in [3.8, 4) is 0 Å². The molecular formula is C8H7N2O3. The van der Waals surface area contributed by atoms with Gasteiger partial charge in [-0.2, -0.15) is 0 Å². The highest BCUT2D eigenvalue weighted by Gasteiger charge is 2.17. The van der Waals surface area contributed by atoms with E-state index in [0.717, 1.165) is 0 Å². The van der Waals surface area contributed by atoms with E-state index in [1.54, 1.807) is 0 Å². The maximum atomic E-state index is 11.0. The predicted molar refractivity (Wildman–Crippen MR) is 46.5 cm³/mol. The third kappa shape index (κ3) is 1.81. The Morgan fingerprint density at radius 1 is 1.77 bits per heavy atom. The second-order valence-electron chi connectivity index (χ2n) is 2.34. The summed E-state index contributed by atoms with van der Waals surface area (Å²) in [6.07, 6.45) is 3.01. The van der Waals surface area contributed by atoms with Crippen molar-refractivity contribution in [3.05, 3.63) is 50.9 Å². The highest BCUT2D eigenvalue weighted by Crippen LogP contribution is 2.11. The van der Waals surface area contributed by atoms with E-state index in [-0.39, 0.29) is 12.0 Å². The zero-order valence-corrected chi connectivity index (χ0v) is 6.74. The maximum absolute atomic E-state index is 11.0. The summed E-state index contributed by atoms with van der Waals surface area (Å²) in [5.74, 6) is 0. The van der Waals surface area contributed by atoms with Crippen molar-refractivity contribution < 1.29 is 4.92 Å². The first kappa shape index (κ1) is 9.18. The standard InChI is InChI=1S/C8H7N2O3/c1-2-3-6-4-5-9-8(11)7(6)10(12)13/h2,5H,1,3H2,(H,9,11). The van der Waals surface area contributed by atoms with Crippen LogP contribution in [0.25, 0.3) is 0 Å². The number of rotatable bonds is 3. The minimum Gasteiger partial charge on any atom is -0.323 e. The molecule has 5 nitrogen and oxygen atoms in total. The minimum atomic E-state index is -0.714. The molecule has 1 rings (SSSR count). The molecule has 0 fully saturated rings. The van der Waals surface area contributed by atoms with Gasteiger partial charge in [-0.3, -0.25) is 14.9 Å². The van der Waals surface area contributed by atoms with Crippen LogP contribution in [0, 0.1) is 16.2 Å². The molecular weight excluding hydrogens is 172 g/mol. The quantitative estimate of drug-likeness (QED) is 0.423. The second kappa shape index (κ2) is 3.66. The van der Waals surface area contributed by atoms with Gasteiger partial charge in [-0.25, -0.2) is 0 Å². The molecule has 1 aromatic heterocycles. The van der Waals surface area contributed by atoms with Gasteiger partial charge in [-0.05, 0) is 6.42 Å². The molecule has 67 valence electrons. The molecule has 0 aliphatic carbocycles. The molecule has 13 heavy (non-hydrogen) atoms. The van der Waals surface area contributed by atoms with Gasteiger partial charge >= 0.3 is 11.2 Å². The number of H-pyrrole nitrogens is 1. The molecule has 0 unspecified atom stereocenters. The van der Waals surface area contributed by atoms with Gasteiger partial charge in [0.2, 0.25) is 0 Å². The smallest absolute Gasteiger partial charge is 0.323 e. The molecule has 0 bridgehead atoms. The Morgan fingerprint density at radius 2 is 2.46 bits per heavy atom. The maximum Gasteiger partial charge on any atom is 0.337 e. The number of nitrogens with zero attached hydrogens (tertiary/aromatic N) is 1. The van der Waals surface area contributed by atoms with Crippen molar-refractivity contribution in [2.24, 2.45) is 0 Å². The summed E-state index contributed by atoms with van der Waals surface area (Å²) in [5.41, 5.74) is -0.910. The molecule has 5 heteroatoms. The van der Waals surface area contributed by atoms with Crippen molar-refractivity contribution >= 4 is 5.69 Å². The largest absolute Gasteiger partial charge is 0.337 e. The summed E-state index contributed by atoms with van der Waals surface area (Å²) in [6.45, 7) is 3.43. The third-order valence-corrected chi connectivity index (χ3v) is 1.48. The summed E-state index contributed by atoms with van der Waals surface area (Å²) in [7, 11) is 0. The average Bonchev–Trinajstić information content (AvgIpc) is 2.04. The van der Waals surface area contributed by atoms with E-state index < -0.39 is 16.2 Å². The number of allylic oxidation sites excluding steroid dienone is 1. The van der Waals surface area contributed by atoms with Crippen molar-refractivity contribution in [2.45, 2.75) is 6.42 Å². The highest BCUT2D eigenvalue weighted by atomic mass is 16.6. The molecule has 0 atom stereocenters. The predicted octanol–water partition coefficient (Wildman–Crippen LogP) is 0.812. The fraction of sp³-hybridized carbons (Fsp3) is 0.125. The van der Waals surface area contributed by atoms with Crippen LogP contribution in [0.1, 0.15) is 5.56 Å². The lowest BCUT2D eigenvalue weighted by Crippen LogP contribution is -2.13. The molecule has 1 heterocycles. The molecule has 1 aromatic rings. The Kier molecular flexibility index (Phi) is 2.59. The van der Waals surface area contributed by atoms with Crippen molar-refractivity contribution in [3.63, 3.8) is 0 Å². The molecule has 0 amide bonds. The SMILES string of the molecule is C=CCc1[c]c[nH]c(=O)c1[N+](=O)[O-]. The lowest BCUT2D eigenvalue weighted by molar-refractivity contribution is -0.387. The summed E-state index contributed by atoms with van der Waals surface area (Å²) in [4.78, 5) is 22.9. The van der Waals surface area contributed by atoms with Crippen LogP contribution in [0.15, 0.2) is 23.6 Å². The van der Waals surface area contributed by atoms with E-state index >= 15 is 0 Å². The van der Waals surface area contributed by atoms with Crippen molar-refractivity contribution in [2.75, 3.05) is 0 Å². The van der Waals surface area contributed by atoms with Gasteiger partial charge in [0.15, 0.2) is 0 Å². The monoisotopic (exact) mass is 179 g/mol. The first-order valence-electron chi connectivity index (χ1n) is 3.54. The number of pyridine rings is 1. The Labute approximate surface area is 73.9 Å². The van der Waals surface area contributed by atoms with E-state index in [0.29, 0.717) is 0 Å². The van der Waals surface area contributed by atoms with E-state index in [1.807, 2.05) is 0 Å². The van der Waals surface area contributed by atoms with E-state index in [1.165, 1.54) is 12.3 Å². The molecule has 1 radical (unpaired) electrons. The first-order chi connectivity index (χ1) is 6.16. The van der Waals surface area contributed by atoms with Crippen LogP contribution in [-0.4, -0.2) is 9.91 Å². The Balaban J connectivity index is 3.33. The highest BCUT2D eigenvalue weighted by molar-refractivity contribution is 5.37. The zero-order valence-electron chi connectivity index (χ0n) is 6.74. The molecule has 0 aliphatic heterocycles. The topological polar surface area (TPSA) is 76.0 Å². The van der Waals surface area contributed by atoms with Crippen LogP contribution in [-0.2, 0) is 6.42 Å². The minimum absolute atomic E-state index is 0.253. The van der Waals surface area contributed by atoms with E-state index in [4.69, 9.17) is 0 Å². The molecule has 0 aliphatic rings. The van der Waals surface area contributed by atoms with Gasteiger partial charge in [0.05, 0.1) is 4.92 Å². The van der Waals surface area contributed by atoms with E-state index in [9.17, 15) is 14.9 Å². The fourth-order valence-corrected chi connectivity index (χ4v) is 0.956. The number of aromatic amines is 1. The van der Waals surface area contributed by atoms with Crippen LogP contribution in [0.3, 0.4) is 0 Å². The lowest BCUT2D eigenvalue weighted by atomic mass is 10.1. The van der Waals surface area contributed by atoms with Gasteiger partial charge in [-0.1, -0.05) is 6.08 Å². The van der Waals surface area contributed by atoms with Crippen LogP contribution in [0.5, 0.6) is 0 Å². The van der Waals surface area contributed by atoms with Crippen LogP contribution >= 0.6 is 0 Å². The van der Waals surface area contributed by atoms with Crippen molar-refractivity contribution in [1.29, 1.82) is 0 Å². The van der Waals surface area contributed by atoms with Gasteiger partial charge < -0.3 is 4.98 Å². The summed E-state index contributed by atoms with van der Waals surface area (Å²) in [5, 5.41) is 10.4. The molecule has 0 spiro atoms. The van der Waals surface area contributed by atoms with Gasteiger partial charge in [0.1, 0.15) is 0 Å². The fourth-order valence-electron chi connectivity index (χ4n) is 0.956. The number of nitro groups is 1. The van der Waals surface area contributed by atoms with Crippen LogP contribution in [0.2, 0.25) is 0 Å². The summed E-state index contributed by atoms with van der Waals surface area (Å²) in [6, 6.07) is 2.59. The Hall–Kier alpha value is -1.91. The summed E-state index contributed by atoms with van der Waals surface area (Å²) < 4.78 is 0. The Bertz CT molecular complexity index is 395. The number of hydrogen-bond donors (Lipinski definition) is 1. The third-order valence-electron chi connectivity index (χ3n) is 1.48. The zero-order chi connectivity index (χ0) is 9.84. The molecule has 1 N–H and O–H groups in total. The van der Waals surface area contributed by atoms with Crippen LogP contribution < -0.4 is 5.56 Å². The number of aromatic nitrogens is 1. The van der Waals surface area contributed by atoms with Gasteiger partial charge in [0.25, 0.3) is 0 Å². The molecule has 0 aromatic carbocycles. The first-order valence-corrected chi connectivity index (χ1v) is 3.54. The molecule has 0 saturated heterocycles. The van der Waals surface area contributed by atoms with Gasteiger partial charge in [0, 0.05) is 17.8 Å². The lowest BCUT2D eigenvalue weighted by Gasteiger charge is -1.95. The van der Waals surface area contributed by atoms with E-state index in [2.05, 4.69) is 17.6 Å². The number of nitrogens with one attached hydrogen (secondary N) is 1.